The van der Waals surface area contributed by atoms with E-state index in [9.17, 15) is 10.2 Å². The molecule has 3 aliphatic carbocycles. The third-order valence-corrected chi connectivity index (χ3v) is 7.72. The average Bonchev–Trinajstić information content (AvgIpc) is 2.84. The number of aromatic hydroxyl groups is 1. The highest BCUT2D eigenvalue weighted by molar-refractivity contribution is 5.41. The third-order valence-electron chi connectivity index (χ3n) is 7.72. The van der Waals surface area contributed by atoms with Crippen LogP contribution in [0.2, 0.25) is 0 Å². The van der Waals surface area contributed by atoms with Crippen LogP contribution in [0.4, 0.5) is 0 Å². The van der Waals surface area contributed by atoms with Crippen molar-refractivity contribution in [3.8, 4) is 5.75 Å². The summed E-state index contributed by atoms with van der Waals surface area (Å²) in [5.74, 6) is 1.68. The van der Waals surface area contributed by atoms with Crippen LogP contribution in [0.3, 0.4) is 0 Å². The van der Waals surface area contributed by atoms with Crippen molar-refractivity contribution in [3.63, 3.8) is 0 Å². The fraction of sp³-hybridized carbons (Fsp3) is 0.714. The van der Waals surface area contributed by atoms with Gasteiger partial charge in [-0.25, -0.2) is 0 Å². The van der Waals surface area contributed by atoms with Gasteiger partial charge in [0.25, 0.3) is 0 Å². The maximum absolute atomic E-state index is 10.7. The smallest absolute Gasteiger partial charge is 0.115 e. The Kier molecular flexibility index (Phi) is 3.53. The van der Waals surface area contributed by atoms with Crippen molar-refractivity contribution < 1.29 is 10.2 Å². The van der Waals surface area contributed by atoms with E-state index in [1.807, 2.05) is 12.1 Å². The predicted octanol–water partition coefficient (Wildman–Crippen LogP) is 4.78. The molecule has 0 aliphatic heterocycles. The zero-order valence-electron chi connectivity index (χ0n) is 14.5. The first kappa shape index (κ1) is 15.5. The second-order valence-electron chi connectivity index (χ2n) is 8.61. The van der Waals surface area contributed by atoms with Gasteiger partial charge in [-0.2, -0.15) is 0 Å². The first-order valence-corrected chi connectivity index (χ1v) is 9.51. The second-order valence-corrected chi connectivity index (χ2v) is 8.61. The van der Waals surface area contributed by atoms with Crippen molar-refractivity contribution >= 4 is 0 Å². The molecule has 2 nitrogen and oxygen atoms in total. The van der Waals surface area contributed by atoms with E-state index in [4.69, 9.17) is 0 Å². The predicted molar refractivity (Wildman–Crippen MR) is 92.6 cm³/mol. The molecule has 23 heavy (non-hydrogen) atoms. The SMILES string of the molecule is CCC[C@@]12CCc3cc(O)ccc3[C@H]1CC[C@@]1(C)[C@H]2CC[C@@H]1O. The minimum absolute atomic E-state index is 0.108. The highest BCUT2D eigenvalue weighted by atomic mass is 16.3. The molecule has 2 N–H and O–H groups in total. The number of benzene rings is 1. The van der Waals surface area contributed by atoms with Crippen LogP contribution >= 0.6 is 0 Å². The number of fused-ring (bicyclic) bond motifs is 5. The van der Waals surface area contributed by atoms with E-state index in [2.05, 4.69) is 19.9 Å². The van der Waals surface area contributed by atoms with E-state index in [0.29, 0.717) is 23.0 Å². The van der Waals surface area contributed by atoms with Crippen molar-refractivity contribution in [2.45, 2.75) is 77.2 Å². The summed E-state index contributed by atoms with van der Waals surface area (Å²) in [5.41, 5.74) is 3.35. The van der Waals surface area contributed by atoms with Crippen LogP contribution in [0, 0.1) is 16.7 Å². The van der Waals surface area contributed by atoms with Gasteiger partial charge in [-0.1, -0.05) is 26.3 Å². The molecule has 0 heterocycles. The molecular weight excluding hydrogens is 284 g/mol. The standard InChI is InChI=1S/C21H30O2/c1-3-10-21-12-8-14-13-15(22)4-5-16(14)17(21)9-11-20(2)18(21)6-7-19(20)23/h4-5,13,17-19,22-23H,3,6-12H2,1-2H3/t17-,18-,19+,20+,21-/m1/s1. The fourth-order valence-electron chi connectivity index (χ4n) is 6.76. The zero-order valence-corrected chi connectivity index (χ0v) is 14.5. The molecule has 1 aromatic rings. The molecular formula is C21H30O2. The number of hydrogen-bond donors (Lipinski definition) is 2. The Morgan fingerprint density at radius 1 is 1.17 bits per heavy atom. The number of rotatable bonds is 2. The number of hydrogen-bond acceptors (Lipinski definition) is 2. The van der Waals surface area contributed by atoms with E-state index in [1.165, 1.54) is 43.2 Å². The molecule has 0 radical (unpaired) electrons. The zero-order chi connectivity index (χ0) is 16.2. The van der Waals surface area contributed by atoms with E-state index in [1.54, 1.807) is 0 Å². The summed E-state index contributed by atoms with van der Waals surface area (Å²) >= 11 is 0. The van der Waals surface area contributed by atoms with E-state index in [0.717, 1.165) is 19.3 Å². The molecule has 0 bridgehead atoms. The van der Waals surface area contributed by atoms with Crippen molar-refractivity contribution in [3.05, 3.63) is 29.3 Å². The molecule has 0 saturated heterocycles. The Bertz CT molecular complexity index is 610. The van der Waals surface area contributed by atoms with Gasteiger partial charge < -0.3 is 10.2 Å². The van der Waals surface area contributed by atoms with E-state index >= 15 is 0 Å². The lowest BCUT2D eigenvalue weighted by Crippen LogP contribution is -2.51. The van der Waals surface area contributed by atoms with Crippen LogP contribution in [0.5, 0.6) is 5.75 Å². The molecule has 5 atom stereocenters. The Labute approximate surface area is 139 Å². The highest BCUT2D eigenvalue weighted by Gasteiger charge is 2.61. The lowest BCUT2D eigenvalue weighted by Gasteiger charge is -2.58. The van der Waals surface area contributed by atoms with Crippen LogP contribution in [0.1, 0.15) is 75.8 Å². The number of aliphatic hydroxyl groups excluding tert-OH is 1. The summed E-state index contributed by atoms with van der Waals surface area (Å²) in [5, 5.41) is 20.5. The van der Waals surface area contributed by atoms with Crippen molar-refractivity contribution in [1.82, 2.24) is 0 Å². The summed E-state index contributed by atoms with van der Waals surface area (Å²) in [6.45, 7) is 4.67. The minimum atomic E-state index is -0.108. The first-order valence-electron chi connectivity index (χ1n) is 9.51. The molecule has 0 unspecified atom stereocenters. The van der Waals surface area contributed by atoms with Crippen LogP contribution in [-0.2, 0) is 6.42 Å². The summed E-state index contributed by atoms with van der Waals surface area (Å²) in [6, 6.07) is 6.05. The Morgan fingerprint density at radius 3 is 2.78 bits per heavy atom. The van der Waals surface area contributed by atoms with Gasteiger partial charge in [0.1, 0.15) is 5.75 Å². The Morgan fingerprint density at radius 2 is 2.00 bits per heavy atom. The maximum Gasteiger partial charge on any atom is 0.115 e. The van der Waals surface area contributed by atoms with Crippen LogP contribution < -0.4 is 0 Å². The maximum atomic E-state index is 10.7. The normalized spacial score (nSPS) is 42.0. The lowest BCUT2D eigenvalue weighted by atomic mass is 9.46. The van der Waals surface area contributed by atoms with Crippen molar-refractivity contribution in [2.75, 3.05) is 0 Å². The quantitative estimate of drug-likeness (QED) is 0.824. The van der Waals surface area contributed by atoms with Crippen molar-refractivity contribution in [2.24, 2.45) is 16.7 Å². The van der Waals surface area contributed by atoms with Gasteiger partial charge in [-0.05, 0) is 90.9 Å². The second kappa shape index (κ2) is 5.24. The van der Waals surface area contributed by atoms with E-state index < -0.39 is 0 Å². The lowest BCUT2D eigenvalue weighted by molar-refractivity contribution is -0.0799. The average molecular weight is 314 g/mol. The Hall–Kier alpha value is -1.02. The van der Waals surface area contributed by atoms with Crippen LogP contribution in [0.15, 0.2) is 18.2 Å². The van der Waals surface area contributed by atoms with Gasteiger partial charge in [0.15, 0.2) is 0 Å². The van der Waals surface area contributed by atoms with Gasteiger partial charge in [-0.15, -0.1) is 0 Å². The number of phenolic OH excluding ortho intramolecular Hbond substituents is 1. The summed E-state index contributed by atoms with van der Waals surface area (Å²) in [6.07, 6.45) is 9.25. The van der Waals surface area contributed by atoms with Crippen molar-refractivity contribution in [1.29, 1.82) is 0 Å². The molecule has 3 aliphatic rings. The van der Waals surface area contributed by atoms with Crippen LogP contribution in [-0.4, -0.2) is 16.3 Å². The molecule has 0 aromatic heterocycles. The Balaban J connectivity index is 1.81. The molecule has 4 rings (SSSR count). The molecule has 126 valence electrons. The van der Waals surface area contributed by atoms with Gasteiger partial charge in [0.2, 0.25) is 0 Å². The monoisotopic (exact) mass is 314 g/mol. The van der Waals surface area contributed by atoms with Gasteiger partial charge in [-0.3, -0.25) is 0 Å². The molecule has 0 spiro atoms. The molecule has 2 heteroatoms. The fourth-order valence-corrected chi connectivity index (χ4v) is 6.76. The molecule has 2 saturated carbocycles. The first-order chi connectivity index (χ1) is 11.0. The van der Waals surface area contributed by atoms with Crippen LogP contribution in [0.25, 0.3) is 0 Å². The summed E-state index contributed by atoms with van der Waals surface area (Å²) in [7, 11) is 0. The van der Waals surface area contributed by atoms with Gasteiger partial charge in [0, 0.05) is 0 Å². The number of aryl methyl sites for hydroxylation is 1. The number of phenols is 1. The largest absolute Gasteiger partial charge is 0.508 e. The third kappa shape index (κ3) is 2.03. The van der Waals surface area contributed by atoms with Gasteiger partial charge in [0.05, 0.1) is 6.10 Å². The molecule has 2 fully saturated rings. The highest BCUT2D eigenvalue weighted by Crippen LogP contribution is 2.68. The topological polar surface area (TPSA) is 40.5 Å². The summed E-state index contributed by atoms with van der Waals surface area (Å²) in [4.78, 5) is 0. The molecule has 1 aromatic carbocycles. The van der Waals surface area contributed by atoms with Gasteiger partial charge >= 0.3 is 0 Å². The summed E-state index contributed by atoms with van der Waals surface area (Å²) < 4.78 is 0. The van der Waals surface area contributed by atoms with E-state index in [-0.39, 0.29) is 11.5 Å². The molecule has 0 amide bonds. The minimum Gasteiger partial charge on any atom is -0.508 e. The number of aliphatic hydroxyl groups is 1.